The van der Waals surface area contributed by atoms with Gasteiger partial charge in [-0.3, -0.25) is 9.59 Å². The van der Waals surface area contributed by atoms with Crippen LogP contribution in [-0.2, 0) is 24.2 Å². The van der Waals surface area contributed by atoms with E-state index in [-0.39, 0.29) is 18.4 Å². The lowest BCUT2D eigenvalue weighted by molar-refractivity contribution is -0.116. The summed E-state index contributed by atoms with van der Waals surface area (Å²) < 4.78 is 1.96. The van der Waals surface area contributed by atoms with Crippen LogP contribution >= 0.6 is 11.6 Å². The highest BCUT2D eigenvalue weighted by Gasteiger charge is 2.15. The number of anilines is 1. The van der Waals surface area contributed by atoms with Crippen molar-refractivity contribution in [3.8, 4) is 0 Å². The van der Waals surface area contributed by atoms with Crippen LogP contribution in [-0.4, -0.2) is 27.9 Å². The fourth-order valence-corrected chi connectivity index (χ4v) is 4.05. The molecule has 1 heterocycles. The summed E-state index contributed by atoms with van der Waals surface area (Å²) in [5.41, 5.74) is 4.28. The maximum absolute atomic E-state index is 12.9. The summed E-state index contributed by atoms with van der Waals surface area (Å²) in [4.78, 5) is 30.0. The van der Waals surface area contributed by atoms with Crippen LogP contribution < -0.4 is 10.6 Å². The van der Waals surface area contributed by atoms with E-state index in [4.69, 9.17) is 16.6 Å². The molecule has 0 atom stereocenters. The minimum absolute atomic E-state index is 0.0960. The first-order valence-corrected chi connectivity index (χ1v) is 11.8. The van der Waals surface area contributed by atoms with Gasteiger partial charge in [0.05, 0.1) is 11.0 Å². The van der Waals surface area contributed by atoms with Crippen LogP contribution in [0.3, 0.4) is 0 Å². The van der Waals surface area contributed by atoms with Gasteiger partial charge in [-0.15, -0.1) is 0 Å². The lowest BCUT2D eigenvalue weighted by Crippen LogP contribution is -2.25. The highest BCUT2D eigenvalue weighted by molar-refractivity contribution is 6.30. The number of aryl methyl sites for hydroxylation is 2. The fraction of sp³-hybridized carbons (Fsp3) is 0.222. The van der Waals surface area contributed by atoms with E-state index in [2.05, 4.69) is 17.6 Å². The van der Waals surface area contributed by atoms with Crippen LogP contribution in [0.1, 0.15) is 35.1 Å². The van der Waals surface area contributed by atoms with Gasteiger partial charge in [0.2, 0.25) is 5.91 Å². The smallest absolute Gasteiger partial charge is 0.251 e. The number of carbonyl (C=O) groups is 2. The fourth-order valence-electron chi connectivity index (χ4n) is 3.93. The second-order valence-corrected chi connectivity index (χ2v) is 8.46. The number of nitrogens with zero attached hydrogens (tertiary/aromatic N) is 2. The first kappa shape index (κ1) is 23.5. The molecule has 0 saturated carbocycles. The van der Waals surface area contributed by atoms with Gasteiger partial charge in [0.1, 0.15) is 12.4 Å². The van der Waals surface area contributed by atoms with Gasteiger partial charge in [-0.2, -0.15) is 0 Å². The van der Waals surface area contributed by atoms with Gasteiger partial charge < -0.3 is 15.2 Å². The Bertz CT molecular complexity index is 1300. The Hall–Kier alpha value is -3.64. The number of carbonyl (C=O) groups excluding carboxylic acids is 2. The van der Waals surface area contributed by atoms with Crippen LogP contribution in [0.2, 0.25) is 5.02 Å². The van der Waals surface area contributed by atoms with E-state index in [1.54, 1.807) is 24.3 Å². The molecule has 0 radical (unpaired) electrons. The van der Waals surface area contributed by atoms with Gasteiger partial charge in [-0.1, -0.05) is 48.9 Å². The molecule has 2 N–H and O–H groups in total. The highest BCUT2D eigenvalue weighted by atomic mass is 35.5. The lowest BCUT2D eigenvalue weighted by atomic mass is 10.1. The molecule has 2 amide bonds. The summed E-state index contributed by atoms with van der Waals surface area (Å²) in [6.07, 6.45) is 2.18. The molecular weight excluding hydrogens is 448 g/mol. The summed E-state index contributed by atoms with van der Waals surface area (Å²) in [7, 11) is 0. The predicted molar refractivity (Wildman–Crippen MR) is 136 cm³/mol. The molecule has 0 aliphatic heterocycles. The SMILES string of the molecule is CCc1ccccc1NC(=O)Cn1c(CCCNC(=O)c2ccc(Cl)cc2)nc2ccccc21. The van der Waals surface area contributed by atoms with Gasteiger partial charge in [0.25, 0.3) is 5.91 Å². The summed E-state index contributed by atoms with van der Waals surface area (Å²) in [6, 6.07) is 22.4. The summed E-state index contributed by atoms with van der Waals surface area (Å²) in [5, 5.41) is 6.57. The zero-order valence-electron chi connectivity index (χ0n) is 19.1. The molecule has 0 saturated heterocycles. The van der Waals surface area contributed by atoms with Crippen molar-refractivity contribution in [3.05, 3.63) is 94.8 Å². The van der Waals surface area contributed by atoms with Gasteiger partial charge in [-0.05, 0) is 60.9 Å². The van der Waals surface area contributed by atoms with Crippen molar-refractivity contribution in [1.29, 1.82) is 0 Å². The van der Waals surface area contributed by atoms with E-state index in [0.717, 1.165) is 34.5 Å². The van der Waals surface area contributed by atoms with Gasteiger partial charge in [-0.25, -0.2) is 4.98 Å². The molecule has 0 aliphatic rings. The first-order chi connectivity index (χ1) is 16.5. The molecule has 0 bridgehead atoms. The van der Waals surface area contributed by atoms with E-state index in [1.807, 2.05) is 53.1 Å². The number of aromatic nitrogens is 2. The second kappa shape index (κ2) is 11.0. The number of imidazole rings is 1. The van der Waals surface area contributed by atoms with Crippen molar-refractivity contribution >= 4 is 40.1 Å². The number of amides is 2. The molecule has 0 fully saturated rings. The molecular formula is C27H27ClN4O2. The molecule has 4 rings (SSSR count). The van der Waals surface area contributed by atoms with Crippen molar-refractivity contribution in [1.82, 2.24) is 14.9 Å². The average Bonchev–Trinajstić information content (AvgIpc) is 3.19. The Morgan fingerprint density at radius 1 is 0.971 bits per heavy atom. The van der Waals surface area contributed by atoms with E-state index in [1.165, 1.54) is 0 Å². The second-order valence-electron chi connectivity index (χ2n) is 8.03. The largest absolute Gasteiger partial charge is 0.352 e. The normalized spacial score (nSPS) is 10.9. The number of benzene rings is 3. The van der Waals surface area contributed by atoms with Crippen LogP contribution in [0.5, 0.6) is 0 Å². The van der Waals surface area contributed by atoms with Gasteiger partial charge >= 0.3 is 0 Å². The van der Waals surface area contributed by atoms with E-state index in [0.29, 0.717) is 30.0 Å². The van der Waals surface area contributed by atoms with Crippen LogP contribution in [0, 0.1) is 0 Å². The number of para-hydroxylation sites is 3. The van der Waals surface area contributed by atoms with Crippen molar-refractivity contribution in [3.63, 3.8) is 0 Å². The van der Waals surface area contributed by atoms with Crippen LogP contribution in [0.15, 0.2) is 72.8 Å². The maximum Gasteiger partial charge on any atom is 0.251 e. The Kier molecular flexibility index (Phi) is 7.60. The quantitative estimate of drug-likeness (QED) is 0.325. The zero-order valence-corrected chi connectivity index (χ0v) is 19.8. The summed E-state index contributed by atoms with van der Waals surface area (Å²) in [5.74, 6) is 0.585. The van der Waals surface area contributed by atoms with Crippen molar-refractivity contribution < 1.29 is 9.59 Å². The van der Waals surface area contributed by atoms with Crippen molar-refractivity contribution in [2.24, 2.45) is 0 Å². The van der Waals surface area contributed by atoms with E-state index in [9.17, 15) is 9.59 Å². The minimum atomic E-state index is -0.140. The molecule has 0 spiro atoms. The summed E-state index contributed by atoms with van der Waals surface area (Å²) in [6.45, 7) is 2.74. The number of fused-ring (bicyclic) bond motifs is 1. The molecule has 1 aromatic heterocycles. The first-order valence-electron chi connectivity index (χ1n) is 11.4. The molecule has 174 valence electrons. The molecule has 7 heteroatoms. The van der Waals surface area contributed by atoms with Crippen molar-refractivity contribution in [2.75, 3.05) is 11.9 Å². The highest BCUT2D eigenvalue weighted by Crippen LogP contribution is 2.19. The molecule has 0 unspecified atom stereocenters. The number of halogens is 1. The average molecular weight is 475 g/mol. The van der Waals surface area contributed by atoms with Crippen LogP contribution in [0.25, 0.3) is 11.0 Å². The maximum atomic E-state index is 12.9. The third-order valence-electron chi connectivity index (χ3n) is 5.68. The number of nitrogens with one attached hydrogen (secondary N) is 2. The number of rotatable bonds is 9. The standard InChI is InChI=1S/C27H27ClN4O2/c1-2-19-8-3-4-9-22(19)31-26(33)18-32-24-11-6-5-10-23(24)30-25(32)12-7-17-29-27(34)20-13-15-21(28)16-14-20/h3-6,8-11,13-16H,2,7,12,17-18H2,1H3,(H,29,34)(H,31,33). The van der Waals surface area contributed by atoms with Gasteiger partial charge in [0, 0.05) is 29.2 Å². The van der Waals surface area contributed by atoms with Crippen molar-refractivity contribution in [2.45, 2.75) is 32.7 Å². The van der Waals surface area contributed by atoms with E-state index >= 15 is 0 Å². The molecule has 34 heavy (non-hydrogen) atoms. The minimum Gasteiger partial charge on any atom is -0.352 e. The Balaban J connectivity index is 1.42. The number of hydrogen-bond donors (Lipinski definition) is 2. The monoisotopic (exact) mass is 474 g/mol. The third kappa shape index (κ3) is 5.64. The summed E-state index contributed by atoms with van der Waals surface area (Å²) >= 11 is 5.89. The topological polar surface area (TPSA) is 76.0 Å². The molecule has 6 nitrogen and oxygen atoms in total. The molecule has 4 aromatic rings. The predicted octanol–water partition coefficient (Wildman–Crippen LogP) is 5.25. The molecule has 0 aliphatic carbocycles. The zero-order chi connectivity index (χ0) is 23.9. The number of hydrogen-bond acceptors (Lipinski definition) is 3. The lowest BCUT2D eigenvalue weighted by Gasteiger charge is -2.12. The van der Waals surface area contributed by atoms with Gasteiger partial charge in [0.15, 0.2) is 0 Å². The Labute approximate surface area is 204 Å². The van der Waals surface area contributed by atoms with E-state index < -0.39 is 0 Å². The Morgan fingerprint density at radius 2 is 1.71 bits per heavy atom. The molecule has 3 aromatic carbocycles. The third-order valence-corrected chi connectivity index (χ3v) is 5.93. The Morgan fingerprint density at radius 3 is 2.50 bits per heavy atom. The van der Waals surface area contributed by atoms with Crippen LogP contribution in [0.4, 0.5) is 5.69 Å².